The van der Waals surface area contributed by atoms with Crippen molar-refractivity contribution in [3.63, 3.8) is 0 Å². The van der Waals surface area contributed by atoms with Crippen molar-refractivity contribution in [3.05, 3.63) is 45.7 Å². The molecular formula is C12H10F3NO. The van der Waals surface area contributed by atoms with Crippen LogP contribution in [-0.2, 0) is 12.6 Å². The number of hydrogen-bond acceptors (Lipinski definition) is 1. The zero-order chi connectivity index (χ0) is 12.6. The number of rotatable bonds is 1. The Morgan fingerprint density at radius 1 is 1.24 bits per heavy atom. The molecule has 0 saturated carbocycles. The maximum atomic E-state index is 12.5. The summed E-state index contributed by atoms with van der Waals surface area (Å²) in [6, 6.07) is 4.48. The van der Waals surface area contributed by atoms with E-state index < -0.39 is 11.7 Å². The van der Waals surface area contributed by atoms with Gasteiger partial charge in [0.15, 0.2) is 5.43 Å². The second-order valence-corrected chi connectivity index (χ2v) is 3.77. The summed E-state index contributed by atoms with van der Waals surface area (Å²) in [5, 5.41) is 0.0667. The van der Waals surface area contributed by atoms with Gasteiger partial charge in [-0.2, -0.15) is 13.2 Å². The van der Waals surface area contributed by atoms with Gasteiger partial charge in [-0.15, -0.1) is 0 Å². The Labute approximate surface area is 95.1 Å². The van der Waals surface area contributed by atoms with Gasteiger partial charge in [-0.1, -0.05) is 6.92 Å². The average Bonchev–Trinajstić information content (AvgIpc) is 2.27. The molecule has 5 heteroatoms. The predicted octanol–water partition coefficient (Wildman–Crippen LogP) is 3.11. The zero-order valence-electron chi connectivity index (χ0n) is 9.06. The largest absolute Gasteiger partial charge is 0.416 e. The molecular weight excluding hydrogens is 231 g/mol. The average molecular weight is 241 g/mol. The zero-order valence-corrected chi connectivity index (χ0v) is 9.06. The summed E-state index contributed by atoms with van der Waals surface area (Å²) >= 11 is 0. The quantitative estimate of drug-likeness (QED) is 0.817. The highest BCUT2D eigenvalue weighted by Crippen LogP contribution is 2.30. The predicted molar refractivity (Wildman–Crippen MR) is 58.9 cm³/mol. The Morgan fingerprint density at radius 3 is 2.53 bits per heavy atom. The molecule has 0 unspecified atom stereocenters. The summed E-state index contributed by atoms with van der Waals surface area (Å²) in [5.74, 6) is 0. The molecule has 0 radical (unpaired) electrons. The molecule has 0 bridgehead atoms. The number of aromatic amines is 1. The lowest BCUT2D eigenvalue weighted by atomic mass is 10.1. The summed E-state index contributed by atoms with van der Waals surface area (Å²) in [6.45, 7) is 1.86. The van der Waals surface area contributed by atoms with Crippen LogP contribution in [0.2, 0.25) is 0 Å². The second-order valence-electron chi connectivity index (χ2n) is 3.77. The van der Waals surface area contributed by atoms with Gasteiger partial charge in [0.25, 0.3) is 0 Å². The third kappa shape index (κ3) is 2.18. The van der Waals surface area contributed by atoms with E-state index in [1.54, 1.807) is 0 Å². The van der Waals surface area contributed by atoms with Gasteiger partial charge < -0.3 is 4.98 Å². The van der Waals surface area contributed by atoms with E-state index in [0.717, 1.165) is 12.1 Å². The highest BCUT2D eigenvalue weighted by molar-refractivity contribution is 5.79. The molecule has 0 aliphatic heterocycles. The number of halogens is 3. The van der Waals surface area contributed by atoms with Gasteiger partial charge in [0, 0.05) is 22.7 Å². The number of pyridine rings is 1. The molecule has 0 spiro atoms. The minimum absolute atomic E-state index is 0.0667. The number of benzene rings is 1. The Morgan fingerprint density at radius 2 is 1.94 bits per heavy atom. The normalized spacial score (nSPS) is 12.0. The molecule has 0 atom stereocenters. The number of aryl methyl sites for hydroxylation is 1. The van der Waals surface area contributed by atoms with Crippen molar-refractivity contribution in [1.82, 2.24) is 4.98 Å². The van der Waals surface area contributed by atoms with Crippen LogP contribution in [0.4, 0.5) is 13.2 Å². The Bertz CT molecular complexity index is 613. The van der Waals surface area contributed by atoms with Crippen molar-refractivity contribution in [3.8, 4) is 0 Å². The van der Waals surface area contributed by atoms with Crippen LogP contribution in [0, 0.1) is 0 Å². The summed E-state index contributed by atoms with van der Waals surface area (Å²) in [6.07, 6.45) is -3.80. The van der Waals surface area contributed by atoms with Crippen LogP contribution in [0.5, 0.6) is 0 Å². The first kappa shape index (κ1) is 11.7. The lowest BCUT2D eigenvalue weighted by Gasteiger charge is -2.08. The lowest BCUT2D eigenvalue weighted by molar-refractivity contribution is -0.137. The first-order valence-corrected chi connectivity index (χ1v) is 5.15. The van der Waals surface area contributed by atoms with Crippen LogP contribution in [0.25, 0.3) is 10.9 Å². The van der Waals surface area contributed by atoms with Crippen molar-refractivity contribution in [2.75, 3.05) is 0 Å². The van der Waals surface area contributed by atoms with E-state index in [9.17, 15) is 18.0 Å². The van der Waals surface area contributed by atoms with E-state index in [4.69, 9.17) is 0 Å². The molecule has 1 heterocycles. The number of alkyl halides is 3. The van der Waals surface area contributed by atoms with Crippen molar-refractivity contribution < 1.29 is 13.2 Å². The molecule has 0 saturated heterocycles. The molecule has 90 valence electrons. The molecule has 2 aromatic rings. The molecule has 2 nitrogen and oxygen atoms in total. The highest BCUT2D eigenvalue weighted by Gasteiger charge is 2.30. The van der Waals surface area contributed by atoms with E-state index in [0.29, 0.717) is 17.6 Å². The van der Waals surface area contributed by atoms with Crippen LogP contribution in [-0.4, -0.2) is 4.98 Å². The summed E-state index contributed by atoms with van der Waals surface area (Å²) < 4.78 is 37.4. The number of aromatic nitrogens is 1. The highest BCUT2D eigenvalue weighted by atomic mass is 19.4. The SMILES string of the molecule is CCc1cc(=O)c2cc(C(F)(F)F)ccc2[nH]1. The van der Waals surface area contributed by atoms with Crippen LogP contribution in [0.3, 0.4) is 0 Å². The molecule has 0 amide bonds. The fourth-order valence-corrected chi connectivity index (χ4v) is 1.67. The van der Waals surface area contributed by atoms with Crippen LogP contribution >= 0.6 is 0 Å². The first-order chi connectivity index (χ1) is 7.91. The monoisotopic (exact) mass is 241 g/mol. The molecule has 2 rings (SSSR count). The van der Waals surface area contributed by atoms with Crippen LogP contribution < -0.4 is 5.43 Å². The van der Waals surface area contributed by atoms with E-state index in [-0.39, 0.29) is 10.8 Å². The van der Waals surface area contributed by atoms with Crippen molar-refractivity contribution in [1.29, 1.82) is 0 Å². The van der Waals surface area contributed by atoms with Crippen molar-refractivity contribution >= 4 is 10.9 Å². The van der Waals surface area contributed by atoms with Gasteiger partial charge in [0.1, 0.15) is 0 Å². The van der Waals surface area contributed by atoms with E-state index in [1.807, 2.05) is 6.92 Å². The number of fused-ring (bicyclic) bond motifs is 1. The molecule has 1 aromatic carbocycles. The second kappa shape index (κ2) is 3.91. The van der Waals surface area contributed by atoms with Gasteiger partial charge >= 0.3 is 6.18 Å². The third-order valence-electron chi connectivity index (χ3n) is 2.59. The van der Waals surface area contributed by atoms with Gasteiger partial charge in [-0.05, 0) is 24.6 Å². The van der Waals surface area contributed by atoms with Gasteiger partial charge in [0.05, 0.1) is 5.56 Å². The Balaban J connectivity index is 2.71. The van der Waals surface area contributed by atoms with Gasteiger partial charge in [-0.3, -0.25) is 4.79 Å². The maximum Gasteiger partial charge on any atom is 0.416 e. The van der Waals surface area contributed by atoms with E-state index in [1.165, 1.54) is 12.1 Å². The van der Waals surface area contributed by atoms with E-state index in [2.05, 4.69) is 4.98 Å². The Kier molecular flexibility index (Phi) is 2.69. The topological polar surface area (TPSA) is 32.9 Å². The minimum atomic E-state index is -4.43. The van der Waals surface area contributed by atoms with Crippen LogP contribution in [0.15, 0.2) is 29.1 Å². The summed E-state index contributed by atoms with van der Waals surface area (Å²) in [7, 11) is 0. The minimum Gasteiger partial charge on any atom is -0.358 e. The molecule has 1 aromatic heterocycles. The van der Waals surface area contributed by atoms with Crippen molar-refractivity contribution in [2.24, 2.45) is 0 Å². The lowest BCUT2D eigenvalue weighted by Crippen LogP contribution is -2.09. The van der Waals surface area contributed by atoms with E-state index >= 15 is 0 Å². The number of nitrogens with one attached hydrogen (secondary N) is 1. The summed E-state index contributed by atoms with van der Waals surface area (Å²) in [4.78, 5) is 14.6. The number of hydrogen-bond donors (Lipinski definition) is 1. The fraction of sp³-hybridized carbons (Fsp3) is 0.250. The van der Waals surface area contributed by atoms with Gasteiger partial charge in [-0.25, -0.2) is 0 Å². The van der Waals surface area contributed by atoms with Crippen LogP contribution in [0.1, 0.15) is 18.2 Å². The molecule has 0 aliphatic rings. The molecule has 0 fully saturated rings. The summed E-state index contributed by atoms with van der Waals surface area (Å²) in [5.41, 5.74) is -0.0499. The first-order valence-electron chi connectivity index (χ1n) is 5.15. The van der Waals surface area contributed by atoms with Crippen molar-refractivity contribution in [2.45, 2.75) is 19.5 Å². The fourth-order valence-electron chi connectivity index (χ4n) is 1.67. The molecule has 17 heavy (non-hydrogen) atoms. The third-order valence-corrected chi connectivity index (χ3v) is 2.59. The number of H-pyrrole nitrogens is 1. The molecule has 1 N–H and O–H groups in total. The maximum absolute atomic E-state index is 12.5. The molecule has 0 aliphatic carbocycles. The smallest absolute Gasteiger partial charge is 0.358 e. The van der Waals surface area contributed by atoms with Gasteiger partial charge in [0.2, 0.25) is 0 Å². The standard InChI is InChI=1S/C12H10F3NO/c1-2-8-6-11(17)9-5-7(12(13,14)15)3-4-10(9)16-8/h3-6H,2H2,1H3,(H,16,17). The Hall–Kier alpha value is -1.78.